The summed E-state index contributed by atoms with van der Waals surface area (Å²) in [7, 11) is -3.33. The molecule has 2 aliphatic carbocycles. The zero-order valence-electron chi connectivity index (χ0n) is 43.9. The van der Waals surface area contributed by atoms with Crippen LogP contribution < -0.4 is 0 Å². The molecule has 0 N–H and O–H groups in total. The van der Waals surface area contributed by atoms with Crippen LogP contribution in [0.2, 0.25) is 0 Å². The fourth-order valence-electron chi connectivity index (χ4n) is 12.1. The maximum atomic E-state index is 14.3. The first-order valence-electron chi connectivity index (χ1n) is 25.9. The molecule has 14 nitrogen and oxygen atoms in total. The van der Waals surface area contributed by atoms with Gasteiger partial charge in [0.1, 0.15) is 0 Å². The van der Waals surface area contributed by atoms with Gasteiger partial charge in [-0.2, -0.15) is 0 Å². The van der Waals surface area contributed by atoms with Gasteiger partial charge in [-0.3, -0.25) is 9.97 Å². The van der Waals surface area contributed by atoms with Crippen LogP contribution >= 0.6 is 0 Å². The number of alkyl halides is 4. The quantitative estimate of drug-likeness (QED) is 0.120. The second-order valence-corrected chi connectivity index (χ2v) is 25.2. The van der Waals surface area contributed by atoms with Crippen LogP contribution in [0.15, 0.2) is 131 Å². The van der Waals surface area contributed by atoms with E-state index in [1.54, 1.807) is 58.2 Å². The summed E-state index contributed by atoms with van der Waals surface area (Å²) in [5.74, 6) is -5.48. The average Bonchev–Trinajstić information content (AvgIpc) is 4.24. The molecule has 2 saturated carbocycles. The molecule has 0 bridgehead atoms. The lowest BCUT2D eigenvalue weighted by Gasteiger charge is -2.35. The number of halogens is 4. The topological polar surface area (TPSA) is 165 Å². The highest BCUT2D eigenvalue weighted by atomic mass is 32.2. The van der Waals surface area contributed by atoms with Crippen LogP contribution in [0.5, 0.6) is 0 Å². The summed E-state index contributed by atoms with van der Waals surface area (Å²) >= 11 is 0. The predicted octanol–water partition coefficient (Wildman–Crippen LogP) is 12.2. The number of benzene rings is 4. The van der Waals surface area contributed by atoms with Gasteiger partial charge in [-0.15, -0.1) is 10.2 Å². The minimum atomic E-state index is -3.49. The van der Waals surface area contributed by atoms with Gasteiger partial charge in [0.05, 0.1) is 77.8 Å². The number of hydrogen-bond acceptors (Lipinski definition) is 10. The molecule has 78 heavy (non-hydrogen) atoms. The molecule has 2 aliphatic rings. The maximum absolute atomic E-state index is 14.3. The smallest absolute Gasteiger partial charge is 0.248 e. The van der Waals surface area contributed by atoms with E-state index in [0.717, 1.165) is 77.9 Å². The number of pyridine rings is 2. The number of rotatable bonds is 10. The Bertz CT molecular complexity index is 3830. The molecule has 10 aromatic rings. The van der Waals surface area contributed by atoms with Crippen molar-refractivity contribution >= 4 is 63.5 Å². The SMILES string of the molecule is Cc1nnn(C)c1-c1cnc2c3ccc(S(C)(=O)=O)cc3n(C(c3ccccc3)C3CCC(F)(F)CC3)c2c1.Cc1nnn(C)c1-c1cnc2c3ccc(S(C)(=O)=O)cc3n(C(c3ccccc3)C3CCC(F)(F)CC3)c2c1. The second-order valence-electron chi connectivity index (χ2n) is 21.2. The standard InChI is InChI=1S/2C29H29F2N5O2S/c2*1-18-27(35(2)34-33-18)21-15-25-26(32-17-21)23-10-9-22(39(3,37)38)16-24(23)36(25)28(19-7-5-4-6-8-19)20-11-13-29(30,31)14-12-20/h2*4-10,15-17,20,28H,11-14H2,1-3H3. The van der Waals surface area contributed by atoms with Gasteiger partial charge < -0.3 is 9.13 Å². The Labute approximate surface area is 449 Å². The fraction of sp³-hybridized carbons (Fsp3) is 0.345. The van der Waals surface area contributed by atoms with E-state index in [9.17, 15) is 34.4 Å². The third-order valence-corrected chi connectivity index (χ3v) is 18.1. The molecule has 4 aromatic carbocycles. The lowest BCUT2D eigenvalue weighted by atomic mass is 9.79. The van der Waals surface area contributed by atoms with Crippen molar-refractivity contribution < 1.29 is 34.4 Å². The Morgan fingerprint density at radius 1 is 0.513 bits per heavy atom. The van der Waals surface area contributed by atoms with E-state index >= 15 is 0 Å². The highest BCUT2D eigenvalue weighted by molar-refractivity contribution is 7.91. The molecule has 20 heteroatoms. The summed E-state index contributed by atoms with van der Waals surface area (Å²) in [6.45, 7) is 3.77. The number of nitrogens with zero attached hydrogens (tertiary/aromatic N) is 10. The van der Waals surface area contributed by atoms with Gasteiger partial charge in [-0.25, -0.2) is 43.8 Å². The average molecular weight is 1100 g/mol. The number of sulfone groups is 2. The van der Waals surface area contributed by atoms with Gasteiger partial charge in [0, 0.05) is 86.6 Å². The van der Waals surface area contributed by atoms with Crippen LogP contribution in [0.3, 0.4) is 0 Å². The third kappa shape index (κ3) is 9.85. The summed E-state index contributed by atoms with van der Waals surface area (Å²) in [6.07, 6.45) is 6.69. The largest absolute Gasteiger partial charge is 0.331 e. The zero-order chi connectivity index (χ0) is 55.1. The summed E-state index contributed by atoms with van der Waals surface area (Å²) in [5.41, 5.74) is 11.3. The molecule has 6 heterocycles. The van der Waals surface area contributed by atoms with Gasteiger partial charge in [-0.05, 0) is 111 Å². The molecule has 0 spiro atoms. The first-order valence-corrected chi connectivity index (χ1v) is 29.7. The highest BCUT2D eigenvalue weighted by Crippen LogP contribution is 2.48. The molecule has 12 rings (SSSR count). The number of hydrogen-bond donors (Lipinski definition) is 0. The Hall–Kier alpha value is -7.32. The minimum Gasteiger partial charge on any atom is -0.331 e. The molecule has 0 aliphatic heterocycles. The zero-order valence-corrected chi connectivity index (χ0v) is 45.6. The van der Waals surface area contributed by atoms with Gasteiger partial charge >= 0.3 is 0 Å². The van der Waals surface area contributed by atoms with Crippen molar-refractivity contribution in [3.05, 3.63) is 144 Å². The molecule has 2 fully saturated rings. The summed E-state index contributed by atoms with van der Waals surface area (Å²) in [4.78, 5) is 10.1. The number of aromatic nitrogens is 10. The number of fused-ring (bicyclic) bond motifs is 6. The molecule has 0 amide bonds. The van der Waals surface area contributed by atoms with Crippen molar-refractivity contribution in [3.63, 3.8) is 0 Å². The molecular formula is C58H58F4N10O4S2. The van der Waals surface area contributed by atoms with Gasteiger partial charge in [0.25, 0.3) is 0 Å². The van der Waals surface area contributed by atoms with Gasteiger partial charge in [0.2, 0.25) is 11.8 Å². The van der Waals surface area contributed by atoms with Crippen molar-refractivity contribution in [3.8, 4) is 22.5 Å². The molecule has 404 valence electrons. The van der Waals surface area contributed by atoms with Crippen LogP contribution in [0.25, 0.3) is 66.4 Å². The molecule has 2 atom stereocenters. The third-order valence-electron chi connectivity index (χ3n) is 15.9. The molecule has 0 radical (unpaired) electrons. The van der Waals surface area contributed by atoms with E-state index in [-0.39, 0.29) is 59.4 Å². The van der Waals surface area contributed by atoms with E-state index < -0.39 is 31.5 Å². The van der Waals surface area contributed by atoms with Crippen molar-refractivity contribution in [2.24, 2.45) is 25.9 Å². The van der Waals surface area contributed by atoms with Crippen LogP contribution in [0.1, 0.15) is 86.0 Å². The molecular weight excluding hydrogens is 1040 g/mol. The fourth-order valence-corrected chi connectivity index (χ4v) is 13.4. The Morgan fingerprint density at radius 2 is 0.872 bits per heavy atom. The summed E-state index contributed by atoms with van der Waals surface area (Å²) in [6, 6.07) is 33.4. The van der Waals surface area contributed by atoms with E-state index in [0.29, 0.717) is 36.7 Å². The van der Waals surface area contributed by atoms with E-state index in [2.05, 4.69) is 29.8 Å². The van der Waals surface area contributed by atoms with Crippen LogP contribution in [0, 0.1) is 25.7 Å². The van der Waals surface area contributed by atoms with Crippen molar-refractivity contribution in [2.75, 3.05) is 12.5 Å². The summed E-state index contributed by atoms with van der Waals surface area (Å²) < 4.78 is 115. The van der Waals surface area contributed by atoms with Crippen LogP contribution in [0.4, 0.5) is 17.6 Å². The maximum Gasteiger partial charge on any atom is 0.248 e. The van der Waals surface area contributed by atoms with Crippen LogP contribution in [-0.2, 0) is 33.8 Å². The van der Waals surface area contributed by atoms with Gasteiger partial charge in [0.15, 0.2) is 19.7 Å². The Kier molecular flexibility index (Phi) is 13.4. The first kappa shape index (κ1) is 52.7. The van der Waals surface area contributed by atoms with E-state index in [1.807, 2.05) is 101 Å². The molecule has 6 aromatic heterocycles. The predicted molar refractivity (Wildman–Crippen MR) is 293 cm³/mol. The molecule has 2 unspecified atom stereocenters. The monoisotopic (exact) mass is 1100 g/mol. The van der Waals surface area contributed by atoms with Crippen molar-refractivity contribution in [1.82, 2.24) is 49.1 Å². The normalized spacial score (nSPS) is 17.2. The summed E-state index contributed by atoms with van der Waals surface area (Å²) in [5, 5.41) is 18.3. The van der Waals surface area contributed by atoms with Crippen LogP contribution in [-0.4, -0.2) is 90.3 Å². The van der Waals surface area contributed by atoms with E-state index in [1.165, 1.54) is 12.5 Å². The Morgan fingerprint density at radius 3 is 1.19 bits per heavy atom. The first-order chi connectivity index (χ1) is 37.1. The minimum absolute atomic E-state index is 0.0727. The lowest BCUT2D eigenvalue weighted by Crippen LogP contribution is -2.30. The highest BCUT2D eigenvalue weighted by Gasteiger charge is 2.41. The second kappa shape index (κ2) is 19.8. The number of aryl methyl sites for hydroxylation is 4. The van der Waals surface area contributed by atoms with Crippen molar-refractivity contribution in [2.45, 2.75) is 98.9 Å². The lowest BCUT2D eigenvalue weighted by molar-refractivity contribution is -0.0498. The van der Waals surface area contributed by atoms with Crippen molar-refractivity contribution in [1.29, 1.82) is 0 Å². The van der Waals surface area contributed by atoms with Gasteiger partial charge in [-0.1, -0.05) is 71.1 Å². The Balaban J connectivity index is 0.000000165. The molecule has 0 saturated heterocycles. The van der Waals surface area contributed by atoms with E-state index in [4.69, 9.17) is 9.97 Å².